The highest BCUT2D eigenvalue weighted by Crippen LogP contribution is 2.30. The van der Waals surface area contributed by atoms with Crippen molar-refractivity contribution in [2.45, 2.75) is 25.3 Å². The molecular weight excluding hydrogens is 767 g/mol. The number of ether oxygens (including phenoxy) is 3. The topological polar surface area (TPSA) is 165 Å². The number of nitrogens with zero attached hydrogens (tertiary/aromatic N) is 3. The van der Waals surface area contributed by atoms with Crippen LogP contribution in [-0.2, 0) is 34.3 Å². The lowest BCUT2D eigenvalue weighted by Crippen LogP contribution is -2.56. The fourth-order valence-corrected chi connectivity index (χ4v) is 7.40. The maximum Gasteiger partial charge on any atom is 0.339 e. The van der Waals surface area contributed by atoms with Crippen molar-refractivity contribution < 1.29 is 33.7 Å². The normalized spacial score (nSPS) is 12.4. The van der Waals surface area contributed by atoms with Crippen LogP contribution in [0, 0.1) is 0 Å². The predicted octanol–water partition coefficient (Wildman–Crippen LogP) is 5.62. The van der Waals surface area contributed by atoms with Gasteiger partial charge in [0.2, 0.25) is 0 Å². The number of benzene rings is 7. The van der Waals surface area contributed by atoms with Gasteiger partial charge in [-0.25, -0.2) is 42.5 Å². The Hall–Kier alpha value is -7.64. The monoisotopic (exact) mass is 803 g/mol. The number of hydrogen-bond acceptors (Lipinski definition) is 10. The molecule has 0 aliphatic heterocycles. The van der Waals surface area contributed by atoms with Crippen LogP contribution in [0.2, 0.25) is 0 Å². The molecule has 0 spiro atoms. The van der Waals surface area contributed by atoms with Crippen LogP contribution in [-0.4, -0.2) is 62.1 Å². The zero-order chi connectivity index (χ0) is 41.9. The molecule has 300 valence electrons. The number of aromatic nitrogens is 3. The van der Waals surface area contributed by atoms with E-state index in [1.807, 2.05) is 60.7 Å². The molecule has 2 unspecified atom stereocenters. The van der Waals surface area contributed by atoms with E-state index < -0.39 is 73.5 Å². The van der Waals surface area contributed by atoms with E-state index >= 15 is 0 Å². The molecule has 7 aromatic carbocycles. The summed E-state index contributed by atoms with van der Waals surface area (Å²) in [5.74, 6) is -2.27. The highest BCUT2D eigenvalue weighted by Gasteiger charge is 2.26. The molecule has 0 amide bonds. The second-order valence-corrected chi connectivity index (χ2v) is 14.3. The summed E-state index contributed by atoms with van der Waals surface area (Å²) in [6.45, 7) is -2.47. The predicted molar refractivity (Wildman–Crippen MR) is 225 cm³/mol. The number of aliphatic hydroxyl groups is 1. The summed E-state index contributed by atoms with van der Waals surface area (Å²) < 4.78 is 19.0. The first-order chi connectivity index (χ1) is 29.1. The summed E-state index contributed by atoms with van der Waals surface area (Å²) in [6, 6.07) is 41.1. The summed E-state index contributed by atoms with van der Waals surface area (Å²) in [6.07, 6.45) is -2.96. The fraction of sp³-hybridized carbons (Fsp3) is 0.149. The van der Waals surface area contributed by atoms with Crippen LogP contribution in [0.25, 0.3) is 43.1 Å². The van der Waals surface area contributed by atoms with E-state index in [-0.39, 0.29) is 11.1 Å². The SMILES string of the molecule is Cn1c(=O)n(CC(O)COC(=O)c2c3ccccc3cc3ccccc23)c(=O)n(CC(COC(=O)c2c3ccccc3cc3ccccc23)OC(=O)c2ccccc2)c1=O. The maximum absolute atomic E-state index is 13.9. The van der Waals surface area contributed by atoms with Crippen LogP contribution >= 0.6 is 0 Å². The highest BCUT2D eigenvalue weighted by atomic mass is 16.6. The first-order valence-electron chi connectivity index (χ1n) is 19.1. The molecule has 2 atom stereocenters. The number of rotatable bonds is 12. The van der Waals surface area contributed by atoms with Gasteiger partial charge in [0.25, 0.3) is 0 Å². The van der Waals surface area contributed by atoms with Gasteiger partial charge in [-0.1, -0.05) is 115 Å². The van der Waals surface area contributed by atoms with E-state index in [2.05, 4.69) is 0 Å². The van der Waals surface area contributed by atoms with Gasteiger partial charge >= 0.3 is 35.0 Å². The molecule has 0 saturated carbocycles. The van der Waals surface area contributed by atoms with Crippen molar-refractivity contribution in [1.82, 2.24) is 13.7 Å². The molecule has 0 fully saturated rings. The Morgan fingerprint density at radius 2 is 0.917 bits per heavy atom. The lowest BCUT2D eigenvalue weighted by atomic mass is 9.97. The van der Waals surface area contributed by atoms with Gasteiger partial charge in [0.1, 0.15) is 19.3 Å². The van der Waals surface area contributed by atoms with E-state index in [0.29, 0.717) is 40.8 Å². The van der Waals surface area contributed by atoms with Crippen LogP contribution < -0.4 is 17.1 Å². The maximum atomic E-state index is 13.9. The minimum absolute atomic E-state index is 0.160. The van der Waals surface area contributed by atoms with E-state index in [1.165, 1.54) is 12.1 Å². The minimum Gasteiger partial charge on any atom is -0.459 e. The molecule has 8 rings (SSSR count). The second-order valence-electron chi connectivity index (χ2n) is 14.3. The molecule has 1 N–H and O–H groups in total. The lowest BCUT2D eigenvalue weighted by molar-refractivity contribution is -0.00616. The second kappa shape index (κ2) is 16.7. The molecule has 0 aliphatic rings. The fourth-order valence-electron chi connectivity index (χ4n) is 7.40. The van der Waals surface area contributed by atoms with Crippen LogP contribution in [0.5, 0.6) is 0 Å². The molecule has 0 radical (unpaired) electrons. The van der Waals surface area contributed by atoms with Crippen LogP contribution in [0.4, 0.5) is 0 Å². The van der Waals surface area contributed by atoms with E-state index in [9.17, 15) is 33.9 Å². The Balaban J connectivity index is 1.06. The average Bonchev–Trinajstić information content (AvgIpc) is 3.27. The molecular formula is C47H37N3O10. The Kier molecular flexibility index (Phi) is 10.9. The Morgan fingerprint density at radius 3 is 1.38 bits per heavy atom. The first-order valence-corrected chi connectivity index (χ1v) is 19.1. The summed E-state index contributed by atoms with van der Waals surface area (Å²) in [5, 5.41) is 16.8. The third kappa shape index (κ3) is 7.68. The quantitative estimate of drug-likeness (QED) is 0.0931. The summed E-state index contributed by atoms with van der Waals surface area (Å²) in [5.41, 5.74) is -2.49. The molecule has 8 aromatic rings. The van der Waals surface area contributed by atoms with Gasteiger partial charge in [-0.15, -0.1) is 0 Å². The average molecular weight is 804 g/mol. The smallest absolute Gasteiger partial charge is 0.339 e. The van der Waals surface area contributed by atoms with Crippen LogP contribution in [0.3, 0.4) is 0 Å². The standard InChI is InChI=1S/C47H37N3O10/c1-48-45(55)49(25-34(51)27-58-43(53)40-36-19-9-5-15-30(36)23-31-16-6-10-20-37(31)40)47(57)50(46(48)56)26-35(60-42(52)29-13-3-2-4-14-29)28-59-44(54)41-38-21-11-7-17-32(38)24-33-18-8-12-22-39(33)41/h2-24,34-35,51H,25-28H2,1H3. The van der Waals surface area contributed by atoms with Crippen molar-refractivity contribution in [1.29, 1.82) is 0 Å². The number of fused-ring (bicyclic) bond motifs is 4. The Morgan fingerprint density at radius 1 is 0.517 bits per heavy atom. The van der Waals surface area contributed by atoms with Gasteiger partial charge < -0.3 is 19.3 Å². The number of esters is 3. The van der Waals surface area contributed by atoms with Gasteiger partial charge in [0.05, 0.1) is 29.8 Å². The number of carbonyl (C=O) groups excluding carboxylic acids is 3. The highest BCUT2D eigenvalue weighted by molar-refractivity contribution is 6.17. The molecule has 60 heavy (non-hydrogen) atoms. The van der Waals surface area contributed by atoms with Gasteiger partial charge in [0, 0.05) is 7.05 Å². The van der Waals surface area contributed by atoms with Gasteiger partial charge in [-0.05, 0) is 67.4 Å². The molecule has 13 nitrogen and oxygen atoms in total. The zero-order valence-corrected chi connectivity index (χ0v) is 32.2. The van der Waals surface area contributed by atoms with E-state index in [4.69, 9.17) is 14.2 Å². The number of aliphatic hydroxyl groups excluding tert-OH is 1. The van der Waals surface area contributed by atoms with Crippen molar-refractivity contribution in [2.75, 3.05) is 13.2 Å². The van der Waals surface area contributed by atoms with Gasteiger partial charge in [0.15, 0.2) is 6.10 Å². The van der Waals surface area contributed by atoms with Crippen molar-refractivity contribution in [2.24, 2.45) is 7.05 Å². The molecule has 0 aliphatic carbocycles. The molecule has 0 saturated heterocycles. The van der Waals surface area contributed by atoms with Gasteiger partial charge in [-0.2, -0.15) is 0 Å². The van der Waals surface area contributed by atoms with E-state index in [0.717, 1.165) is 28.6 Å². The van der Waals surface area contributed by atoms with Crippen LogP contribution in [0.1, 0.15) is 31.1 Å². The molecule has 1 aromatic heterocycles. The van der Waals surface area contributed by atoms with Crippen molar-refractivity contribution >= 4 is 61.0 Å². The Labute approximate surface area is 340 Å². The third-order valence-corrected chi connectivity index (χ3v) is 10.3. The summed E-state index contributed by atoms with van der Waals surface area (Å²) in [7, 11) is 1.14. The lowest BCUT2D eigenvalue weighted by Gasteiger charge is -2.21. The van der Waals surface area contributed by atoms with Crippen LogP contribution in [0.15, 0.2) is 154 Å². The molecule has 0 bridgehead atoms. The van der Waals surface area contributed by atoms with Crippen molar-refractivity contribution in [3.8, 4) is 0 Å². The largest absolute Gasteiger partial charge is 0.459 e. The third-order valence-electron chi connectivity index (χ3n) is 10.3. The molecule has 1 heterocycles. The number of hydrogen-bond donors (Lipinski definition) is 1. The zero-order valence-electron chi connectivity index (χ0n) is 32.2. The van der Waals surface area contributed by atoms with E-state index in [1.54, 1.807) is 66.7 Å². The molecule has 13 heteroatoms. The summed E-state index contributed by atoms with van der Waals surface area (Å²) >= 11 is 0. The van der Waals surface area contributed by atoms with Gasteiger partial charge in [-0.3, -0.25) is 0 Å². The summed E-state index contributed by atoms with van der Waals surface area (Å²) in [4.78, 5) is 81.6. The van der Waals surface area contributed by atoms with Crippen molar-refractivity contribution in [3.63, 3.8) is 0 Å². The first kappa shape index (κ1) is 39.2. The van der Waals surface area contributed by atoms with Crippen molar-refractivity contribution in [3.05, 3.63) is 188 Å². The Bertz CT molecular complexity index is 3040. The minimum atomic E-state index is -1.56. The number of carbonyl (C=O) groups is 3.